The Morgan fingerprint density at radius 1 is 1.79 bits per heavy atom. The van der Waals surface area contributed by atoms with E-state index in [2.05, 4.69) is 20.7 Å². The molecule has 0 fully saturated rings. The average Bonchev–Trinajstić information content (AvgIpc) is 2.69. The van der Waals surface area contributed by atoms with Gasteiger partial charge in [0.25, 0.3) is 0 Å². The number of aliphatic imine (C=N–C) groups is 1. The number of hydrogen-bond donors (Lipinski definition) is 3. The highest BCUT2D eigenvalue weighted by molar-refractivity contribution is 7.09. The number of thiazole rings is 1. The molecule has 0 spiro atoms. The molecule has 0 bridgehead atoms. The van der Waals surface area contributed by atoms with E-state index in [0.717, 1.165) is 5.01 Å². The smallest absolute Gasteiger partial charge is 0.206 e. The van der Waals surface area contributed by atoms with Gasteiger partial charge in [0.2, 0.25) is 5.96 Å². The van der Waals surface area contributed by atoms with Gasteiger partial charge in [0.15, 0.2) is 0 Å². The minimum atomic E-state index is 0.122. The monoisotopic (exact) mass is 213 g/mol. The standard InChI is InChI=1S/C8H15N5S/c1-3-10-8(13-9)12-6(2)7-11-4-5-14-7/h4-6H,3,9H2,1-2H3,(H2,10,12,13). The van der Waals surface area contributed by atoms with Crippen LogP contribution < -0.4 is 16.6 Å². The van der Waals surface area contributed by atoms with Crippen molar-refractivity contribution in [3.63, 3.8) is 0 Å². The van der Waals surface area contributed by atoms with Crippen molar-refractivity contribution in [1.82, 2.24) is 15.7 Å². The summed E-state index contributed by atoms with van der Waals surface area (Å²) in [6.07, 6.45) is 1.78. The highest BCUT2D eigenvalue weighted by Crippen LogP contribution is 2.13. The van der Waals surface area contributed by atoms with Crippen LogP contribution in [0.1, 0.15) is 24.9 Å². The normalized spacial score (nSPS) is 13.8. The SMILES string of the molecule is CCN=C(NN)NC(C)c1nccs1. The summed E-state index contributed by atoms with van der Waals surface area (Å²) in [5.41, 5.74) is 2.51. The van der Waals surface area contributed by atoms with Gasteiger partial charge in [0.05, 0.1) is 6.04 Å². The lowest BCUT2D eigenvalue weighted by molar-refractivity contribution is 0.684. The summed E-state index contributed by atoms with van der Waals surface area (Å²) in [7, 11) is 0. The first-order valence-electron chi connectivity index (χ1n) is 4.45. The Morgan fingerprint density at radius 2 is 2.57 bits per heavy atom. The summed E-state index contributed by atoms with van der Waals surface area (Å²) in [4.78, 5) is 8.33. The van der Waals surface area contributed by atoms with Gasteiger partial charge in [-0.15, -0.1) is 11.3 Å². The second-order valence-electron chi connectivity index (χ2n) is 2.70. The van der Waals surface area contributed by atoms with Crippen LogP contribution in [0.2, 0.25) is 0 Å². The maximum atomic E-state index is 5.30. The summed E-state index contributed by atoms with van der Waals surface area (Å²) in [6, 6.07) is 0.122. The molecule has 0 saturated heterocycles. The fraction of sp³-hybridized carbons (Fsp3) is 0.500. The zero-order chi connectivity index (χ0) is 10.4. The molecular weight excluding hydrogens is 198 g/mol. The third-order valence-electron chi connectivity index (χ3n) is 1.63. The molecule has 6 heteroatoms. The molecule has 0 aromatic carbocycles. The van der Waals surface area contributed by atoms with Crippen LogP contribution >= 0.6 is 11.3 Å². The van der Waals surface area contributed by atoms with Gasteiger partial charge in [-0.1, -0.05) is 0 Å². The van der Waals surface area contributed by atoms with Crippen LogP contribution in [0.4, 0.5) is 0 Å². The van der Waals surface area contributed by atoms with Crippen LogP contribution in [-0.4, -0.2) is 17.5 Å². The van der Waals surface area contributed by atoms with E-state index in [9.17, 15) is 0 Å². The largest absolute Gasteiger partial charge is 0.346 e. The van der Waals surface area contributed by atoms with Crippen molar-refractivity contribution in [3.05, 3.63) is 16.6 Å². The molecular formula is C8H15N5S. The van der Waals surface area contributed by atoms with Gasteiger partial charge in [0.1, 0.15) is 5.01 Å². The molecule has 5 nitrogen and oxygen atoms in total. The molecule has 0 aliphatic carbocycles. The molecule has 1 heterocycles. The molecule has 0 amide bonds. The van der Waals surface area contributed by atoms with Gasteiger partial charge >= 0.3 is 0 Å². The van der Waals surface area contributed by atoms with Gasteiger partial charge in [-0.3, -0.25) is 10.4 Å². The summed E-state index contributed by atoms with van der Waals surface area (Å²) in [5.74, 6) is 5.89. The number of rotatable bonds is 3. The Labute approximate surface area is 87.4 Å². The lowest BCUT2D eigenvalue weighted by Crippen LogP contribution is -2.42. The molecule has 1 rings (SSSR count). The number of aromatic nitrogens is 1. The molecule has 0 aliphatic rings. The Morgan fingerprint density at radius 3 is 3.07 bits per heavy atom. The molecule has 1 atom stereocenters. The van der Waals surface area contributed by atoms with Crippen molar-refractivity contribution in [1.29, 1.82) is 0 Å². The first kappa shape index (κ1) is 10.9. The van der Waals surface area contributed by atoms with E-state index < -0.39 is 0 Å². The van der Waals surface area contributed by atoms with E-state index in [1.54, 1.807) is 17.5 Å². The fourth-order valence-electron chi connectivity index (χ4n) is 1.01. The van der Waals surface area contributed by atoms with E-state index in [1.165, 1.54) is 0 Å². The highest BCUT2D eigenvalue weighted by Gasteiger charge is 2.08. The molecule has 1 unspecified atom stereocenters. The van der Waals surface area contributed by atoms with E-state index in [4.69, 9.17) is 5.84 Å². The molecule has 0 radical (unpaired) electrons. The van der Waals surface area contributed by atoms with Gasteiger partial charge < -0.3 is 5.32 Å². The van der Waals surface area contributed by atoms with Gasteiger partial charge in [-0.2, -0.15) is 0 Å². The number of hydrazine groups is 1. The second kappa shape index (κ2) is 5.56. The van der Waals surface area contributed by atoms with Gasteiger partial charge in [0, 0.05) is 18.1 Å². The number of nitrogens with one attached hydrogen (secondary N) is 2. The van der Waals surface area contributed by atoms with Crippen molar-refractivity contribution in [2.45, 2.75) is 19.9 Å². The fourth-order valence-corrected chi connectivity index (χ4v) is 1.65. The summed E-state index contributed by atoms with van der Waals surface area (Å²) in [5, 5.41) is 6.09. The molecule has 1 aromatic heterocycles. The first-order chi connectivity index (χ1) is 6.77. The number of hydrogen-bond acceptors (Lipinski definition) is 4. The van der Waals surface area contributed by atoms with Crippen LogP contribution in [0.3, 0.4) is 0 Å². The number of nitrogens with zero attached hydrogens (tertiary/aromatic N) is 2. The predicted octanol–water partition coefficient (Wildman–Crippen LogP) is 0.633. The Balaban J connectivity index is 2.55. The van der Waals surface area contributed by atoms with E-state index in [1.807, 2.05) is 19.2 Å². The lowest BCUT2D eigenvalue weighted by atomic mass is 10.4. The van der Waals surface area contributed by atoms with Crippen molar-refractivity contribution >= 4 is 17.3 Å². The maximum Gasteiger partial charge on any atom is 0.206 e. The minimum Gasteiger partial charge on any atom is -0.346 e. The Bertz CT molecular complexity index is 282. The molecule has 4 N–H and O–H groups in total. The Kier molecular flexibility index (Phi) is 4.34. The lowest BCUT2D eigenvalue weighted by Gasteiger charge is -2.13. The maximum absolute atomic E-state index is 5.30. The summed E-state index contributed by atoms with van der Waals surface area (Å²) in [6.45, 7) is 4.66. The minimum absolute atomic E-state index is 0.122. The molecule has 0 aliphatic heterocycles. The van der Waals surface area contributed by atoms with Crippen LogP contribution in [0.15, 0.2) is 16.6 Å². The predicted molar refractivity (Wildman–Crippen MR) is 59.0 cm³/mol. The third-order valence-corrected chi connectivity index (χ3v) is 2.59. The zero-order valence-electron chi connectivity index (χ0n) is 8.32. The van der Waals surface area contributed by atoms with Crippen molar-refractivity contribution in [2.75, 3.05) is 6.54 Å². The topological polar surface area (TPSA) is 75.3 Å². The summed E-state index contributed by atoms with van der Waals surface area (Å²) < 4.78 is 0. The van der Waals surface area contributed by atoms with Crippen LogP contribution in [0.5, 0.6) is 0 Å². The molecule has 78 valence electrons. The van der Waals surface area contributed by atoms with Crippen molar-refractivity contribution < 1.29 is 0 Å². The zero-order valence-corrected chi connectivity index (χ0v) is 9.14. The van der Waals surface area contributed by atoms with Crippen LogP contribution in [0.25, 0.3) is 0 Å². The van der Waals surface area contributed by atoms with Gasteiger partial charge in [-0.05, 0) is 13.8 Å². The highest BCUT2D eigenvalue weighted by atomic mass is 32.1. The Hall–Kier alpha value is -1.14. The molecule has 14 heavy (non-hydrogen) atoms. The van der Waals surface area contributed by atoms with Crippen molar-refractivity contribution in [2.24, 2.45) is 10.8 Å². The third kappa shape index (κ3) is 2.97. The second-order valence-corrected chi connectivity index (χ2v) is 3.63. The van der Waals surface area contributed by atoms with Gasteiger partial charge in [-0.25, -0.2) is 10.8 Å². The van der Waals surface area contributed by atoms with E-state index in [-0.39, 0.29) is 6.04 Å². The quantitative estimate of drug-likeness (QED) is 0.298. The number of guanidine groups is 1. The average molecular weight is 213 g/mol. The molecule has 0 saturated carbocycles. The number of nitrogens with two attached hydrogens (primary N) is 1. The molecule has 1 aromatic rings. The van der Waals surface area contributed by atoms with Crippen LogP contribution in [0, 0.1) is 0 Å². The van der Waals surface area contributed by atoms with Crippen LogP contribution in [-0.2, 0) is 0 Å². The summed E-state index contributed by atoms with van der Waals surface area (Å²) >= 11 is 1.60. The first-order valence-corrected chi connectivity index (χ1v) is 5.32. The van der Waals surface area contributed by atoms with E-state index >= 15 is 0 Å². The van der Waals surface area contributed by atoms with E-state index in [0.29, 0.717) is 12.5 Å². The van der Waals surface area contributed by atoms with Crippen molar-refractivity contribution in [3.8, 4) is 0 Å².